The van der Waals surface area contributed by atoms with E-state index in [1.807, 2.05) is 13.8 Å². The molecule has 2 fully saturated rings. The first kappa shape index (κ1) is 67.3. The highest BCUT2D eigenvalue weighted by atomic mass is 127. The van der Waals surface area contributed by atoms with Crippen LogP contribution in [0.1, 0.15) is 176 Å². The van der Waals surface area contributed by atoms with Gasteiger partial charge in [-0.2, -0.15) is 0 Å². The lowest BCUT2D eigenvalue weighted by molar-refractivity contribution is 0.632. The molecule has 2 aliphatic heterocycles. The minimum atomic E-state index is -0.639. The topological polar surface area (TPSA) is 15.3 Å². The highest BCUT2D eigenvalue weighted by Gasteiger charge is 2.44. The lowest BCUT2D eigenvalue weighted by atomic mass is 9.99. The Labute approximate surface area is 517 Å². The molecule has 0 bridgehead atoms. The summed E-state index contributed by atoms with van der Waals surface area (Å²) in [6, 6.07) is 73.0. The van der Waals surface area contributed by atoms with Crippen molar-refractivity contribution in [1.82, 2.24) is 9.53 Å². The third-order valence-electron chi connectivity index (χ3n) is 15.3. The second kappa shape index (κ2) is 34.3. The molecular weight excluding hydrogens is 1180 g/mol. The molecule has 0 amide bonds. The summed E-state index contributed by atoms with van der Waals surface area (Å²) in [5.41, 5.74) is 19.7. The number of hydrogen-bond donors (Lipinski definition) is 1. The van der Waals surface area contributed by atoms with Gasteiger partial charge in [-0.15, -0.1) is 0 Å². The number of halogens is 1. The predicted octanol–water partition coefficient (Wildman–Crippen LogP) is 22.5. The monoisotopic (exact) mass is 1280 g/mol. The zero-order valence-corrected chi connectivity index (χ0v) is 56.7. The molecule has 7 heteroatoms. The summed E-state index contributed by atoms with van der Waals surface area (Å²) in [5, 5.41) is 9.82. The molecule has 1 N–H and O–H groups in total. The number of unbranched alkanes of at least 4 members (excludes halogenated alkanes) is 2. The fourth-order valence-corrected chi connectivity index (χ4v) is 25.7. The highest BCUT2D eigenvalue weighted by Crippen LogP contribution is 2.76. The van der Waals surface area contributed by atoms with Gasteiger partial charge in [-0.1, -0.05) is 287 Å². The smallest absolute Gasteiger partial charge is 0.0318 e. The van der Waals surface area contributed by atoms with Crippen LogP contribution in [0.15, 0.2) is 194 Å². The van der Waals surface area contributed by atoms with Gasteiger partial charge < -0.3 is 0 Å². The third kappa shape index (κ3) is 18.8. The minimum absolute atomic E-state index is 0. The molecule has 0 saturated carbocycles. The number of nitrogens with one attached hydrogen (secondary N) is 1. The molecule has 0 aromatic heterocycles. The van der Waals surface area contributed by atoms with Crippen molar-refractivity contribution in [2.75, 3.05) is 13.1 Å². The average Bonchev–Trinajstić information content (AvgIpc) is 3.66. The van der Waals surface area contributed by atoms with E-state index in [1.165, 1.54) is 117 Å². The number of benzene rings is 8. The maximum atomic E-state index is 4.02. The molecule has 0 radical (unpaired) electrons. The summed E-state index contributed by atoms with van der Waals surface area (Å²) >= 11 is 2.54. The lowest BCUT2D eigenvalue weighted by Crippen LogP contribution is -2.27. The third-order valence-corrected chi connectivity index (χ3v) is 29.7. The summed E-state index contributed by atoms with van der Waals surface area (Å²) in [4.78, 5) is 0. The molecular formula is C75H97IN2P4. The Morgan fingerprint density at radius 1 is 0.415 bits per heavy atom. The van der Waals surface area contributed by atoms with Gasteiger partial charge >= 0.3 is 0 Å². The summed E-state index contributed by atoms with van der Waals surface area (Å²) < 4.78 is 3.04. The van der Waals surface area contributed by atoms with Crippen LogP contribution in [0, 0.1) is 55.4 Å². The van der Waals surface area contributed by atoms with E-state index in [4.69, 9.17) is 0 Å². The molecule has 2 heterocycles. The van der Waals surface area contributed by atoms with Gasteiger partial charge in [0.15, 0.2) is 0 Å². The average molecular weight is 1280 g/mol. The Bertz CT molecular complexity index is 2860. The van der Waals surface area contributed by atoms with Crippen LogP contribution in [0.2, 0.25) is 0 Å². The summed E-state index contributed by atoms with van der Waals surface area (Å²) in [7, 11) is -1.35. The van der Waals surface area contributed by atoms with E-state index in [9.17, 15) is 0 Å². The number of rotatable bonds is 17. The minimum Gasteiger partial charge on any atom is -0.295 e. The first-order chi connectivity index (χ1) is 39.3. The molecule has 0 aliphatic carbocycles. The molecule has 434 valence electrons. The van der Waals surface area contributed by atoms with Crippen molar-refractivity contribution in [1.29, 1.82) is 0 Å². The van der Waals surface area contributed by atoms with Crippen molar-refractivity contribution in [3.05, 3.63) is 261 Å². The molecule has 10 rings (SSSR count). The Hall–Kier alpha value is -3.87. The Morgan fingerprint density at radius 3 is 1.00 bits per heavy atom. The van der Waals surface area contributed by atoms with Crippen LogP contribution >= 0.6 is 51.8 Å². The van der Waals surface area contributed by atoms with Crippen LogP contribution in [-0.4, -0.2) is 17.5 Å². The van der Waals surface area contributed by atoms with Crippen molar-refractivity contribution >= 4 is 73.0 Å². The summed E-state index contributed by atoms with van der Waals surface area (Å²) in [6.45, 7) is 29.0. The van der Waals surface area contributed by atoms with Crippen molar-refractivity contribution in [2.24, 2.45) is 0 Å². The molecule has 8 aromatic carbocycles. The standard InChI is InChI=1S/C36H43NP2.C24H34NP.C12H10IP.C2H6.CH4/c1-6-7-20-37(38(33-14-10-8-11-15-33)34-16-12-9-13-17-34)39-35(31-23-27(2)21-28(3)24-31)18-19-36(39)32-25-29(4)22-30(5)26-32;1-6-7-10-25-26-23(21-13-17(2)11-18(3)14-21)8-9-24(26)22-15-19(4)12-20(5)16-22;13-14(11-7-3-1-4-8-11)12-9-5-2-6-10-12;1-2;/h8-17,21-26,35-36H,6-7,18-20H2,1-5H3;11-16,23-25H,6-10H2,1-5H3;1-10H;1-2H3;1H4/t35-,36-;23-,24-;;;/m00.../s1. The second-order valence-corrected chi connectivity index (χ2v) is 34.1. The molecule has 2 nitrogen and oxygen atoms in total. The Kier molecular flexibility index (Phi) is 28.1. The van der Waals surface area contributed by atoms with Crippen LogP contribution < -0.4 is 26.3 Å². The van der Waals surface area contributed by atoms with E-state index in [-0.39, 0.29) is 21.1 Å². The van der Waals surface area contributed by atoms with E-state index in [0.717, 1.165) is 13.1 Å². The van der Waals surface area contributed by atoms with Gasteiger partial charge in [0.1, 0.15) is 0 Å². The molecule has 82 heavy (non-hydrogen) atoms. The quantitative estimate of drug-likeness (QED) is 0.0555. The van der Waals surface area contributed by atoms with Gasteiger partial charge in [-0.3, -0.25) is 9.53 Å². The maximum Gasteiger partial charge on any atom is 0.0318 e. The zero-order chi connectivity index (χ0) is 57.8. The van der Waals surface area contributed by atoms with Crippen LogP contribution in [0.4, 0.5) is 0 Å². The molecule has 8 aromatic rings. The normalized spacial score (nSPS) is 16.9. The van der Waals surface area contributed by atoms with Gasteiger partial charge in [0.25, 0.3) is 0 Å². The number of hydrogen-bond acceptors (Lipinski definition) is 2. The number of aryl methyl sites for hydroxylation is 8. The van der Waals surface area contributed by atoms with E-state index >= 15 is 0 Å². The first-order valence-electron chi connectivity index (χ1n) is 30.2. The fourth-order valence-electron chi connectivity index (χ4n) is 12.1. The van der Waals surface area contributed by atoms with Gasteiger partial charge in [0, 0.05) is 42.8 Å². The Morgan fingerprint density at radius 2 is 0.695 bits per heavy atom. The Balaban J connectivity index is 0.000000215. The van der Waals surface area contributed by atoms with Gasteiger partial charge in [0.2, 0.25) is 0 Å². The van der Waals surface area contributed by atoms with Gasteiger partial charge in [0.05, 0.1) is 0 Å². The fraction of sp³-hybridized carbons (Fsp3) is 0.360. The second-order valence-electron chi connectivity index (χ2n) is 22.3. The van der Waals surface area contributed by atoms with Crippen LogP contribution in [0.25, 0.3) is 0 Å². The SMILES string of the molecule is C.CC.CCCCN(P(c1ccccc1)c1ccccc1)P1[C@H](c2cc(C)cc(C)c2)CC[C@H]1c1cc(C)cc(C)c1.CCCCNP1[C@H](c2cc(C)cc(C)c2)CC[C@H]1c1cc(C)cc(C)c1.IP(c1ccccc1)c1ccccc1. The maximum absolute atomic E-state index is 4.02. The molecule has 0 spiro atoms. The largest absolute Gasteiger partial charge is 0.295 e. The predicted molar refractivity (Wildman–Crippen MR) is 382 cm³/mol. The molecule has 4 atom stereocenters. The number of nitrogens with zero attached hydrogens (tertiary/aromatic N) is 1. The van der Waals surface area contributed by atoms with E-state index in [2.05, 4.69) is 295 Å². The van der Waals surface area contributed by atoms with Gasteiger partial charge in [-0.25, -0.2) is 0 Å². The van der Waals surface area contributed by atoms with E-state index in [0.29, 0.717) is 22.6 Å². The van der Waals surface area contributed by atoms with Crippen molar-refractivity contribution < 1.29 is 0 Å². The molecule has 0 unspecified atom stereocenters. The first-order valence-corrected chi connectivity index (χ1v) is 38.5. The van der Waals surface area contributed by atoms with Gasteiger partial charge in [-0.05, 0) is 182 Å². The van der Waals surface area contributed by atoms with Crippen molar-refractivity contribution in [3.63, 3.8) is 0 Å². The highest BCUT2D eigenvalue weighted by molar-refractivity contribution is 14.2. The van der Waals surface area contributed by atoms with Crippen LogP contribution in [-0.2, 0) is 0 Å². The summed E-state index contributed by atoms with van der Waals surface area (Å²) in [5.74, 6) is 0. The van der Waals surface area contributed by atoms with E-state index < -0.39 is 16.1 Å². The zero-order valence-electron chi connectivity index (χ0n) is 51.0. The van der Waals surface area contributed by atoms with Crippen molar-refractivity contribution in [3.8, 4) is 0 Å². The van der Waals surface area contributed by atoms with E-state index in [1.54, 1.807) is 22.3 Å². The summed E-state index contributed by atoms with van der Waals surface area (Å²) in [6.07, 6.45) is 10.1. The molecule has 2 aliphatic rings. The lowest BCUT2D eigenvalue weighted by Gasteiger charge is -2.42. The molecule has 2 saturated heterocycles. The van der Waals surface area contributed by atoms with Crippen molar-refractivity contribution in [2.45, 2.75) is 165 Å². The van der Waals surface area contributed by atoms with Crippen LogP contribution in [0.5, 0.6) is 0 Å². The van der Waals surface area contributed by atoms with Crippen LogP contribution in [0.3, 0.4) is 0 Å².